The van der Waals surface area contributed by atoms with E-state index in [4.69, 9.17) is 5.11 Å². The zero-order valence-electron chi connectivity index (χ0n) is 12.0. The van der Waals surface area contributed by atoms with Crippen molar-refractivity contribution in [2.24, 2.45) is 0 Å². The number of unbranched alkanes of at least 4 members (excludes halogenated alkanes) is 1. The minimum Gasteiger partial charge on any atom is -0.481 e. The standard InChI is InChI=1S/C19H20O2/c20-19(21)12-5-4-9-17-10-6-11-18(15-17)14-13-16-7-2-1-3-8-16/h1-3,6-8,10-11,13-15H,4-5,9,12H2,(H,20,21). The summed E-state index contributed by atoms with van der Waals surface area (Å²) in [6.07, 6.45) is 7.05. The summed E-state index contributed by atoms with van der Waals surface area (Å²) < 4.78 is 0. The van der Waals surface area contributed by atoms with Gasteiger partial charge < -0.3 is 5.11 Å². The smallest absolute Gasteiger partial charge is 0.303 e. The van der Waals surface area contributed by atoms with Gasteiger partial charge in [0.25, 0.3) is 0 Å². The molecule has 0 spiro atoms. The molecule has 2 nitrogen and oxygen atoms in total. The molecule has 0 aromatic heterocycles. The summed E-state index contributed by atoms with van der Waals surface area (Å²) >= 11 is 0. The summed E-state index contributed by atoms with van der Waals surface area (Å²) in [7, 11) is 0. The largest absolute Gasteiger partial charge is 0.481 e. The Morgan fingerprint density at radius 1 is 0.905 bits per heavy atom. The van der Waals surface area contributed by atoms with E-state index in [2.05, 4.69) is 48.6 Å². The molecule has 2 aromatic rings. The van der Waals surface area contributed by atoms with E-state index in [0.29, 0.717) is 0 Å². The van der Waals surface area contributed by atoms with Crippen molar-refractivity contribution in [1.82, 2.24) is 0 Å². The third-order valence-electron chi connectivity index (χ3n) is 3.32. The lowest BCUT2D eigenvalue weighted by atomic mass is 10.0. The Bertz CT molecular complexity index is 600. The van der Waals surface area contributed by atoms with Gasteiger partial charge in [0.15, 0.2) is 0 Å². The summed E-state index contributed by atoms with van der Waals surface area (Å²) in [5.74, 6) is -0.713. The van der Waals surface area contributed by atoms with E-state index in [1.54, 1.807) is 0 Å². The Kier molecular flexibility index (Phi) is 5.77. The second-order valence-corrected chi connectivity index (χ2v) is 5.09. The van der Waals surface area contributed by atoms with Crippen molar-refractivity contribution in [3.63, 3.8) is 0 Å². The van der Waals surface area contributed by atoms with Gasteiger partial charge in [-0.15, -0.1) is 0 Å². The van der Waals surface area contributed by atoms with Gasteiger partial charge >= 0.3 is 5.97 Å². The van der Waals surface area contributed by atoms with Gasteiger partial charge in [0.2, 0.25) is 0 Å². The normalized spacial score (nSPS) is 10.9. The molecular formula is C19H20O2. The number of rotatable bonds is 7. The molecule has 0 unspecified atom stereocenters. The maximum Gasteiger partial charge on any atom is 0.303 e. The molecule has 0 aliphatic heterocycles. The van der Waals surface area contributed by atoms with Gasteiger partial charge in [0.1, 0.15) is 0 Å². The first-order valence-corrected chi connectivity index (χ1v) is 7.28. The van der Waals surface area contributed by atoms with Crippen LogP contribution in [0.3, 0.4) is 0 Å². The van der Waals surface area contributed by atoms with Crippen molar-refractivity contribution < 1.29 is 9.90 Å². The van der Waals surface area contributed by atoms with E-state index < -0.39 is 5.97 Å². The molecule has 0 heterocycles. The average Bonchev–Trinajstić information content (AvgIpc) is 2.51. The summed E-state index contributed by atoms with van der Waals surface area (Å²) in [6, 6.07) is 18.6. The van der Waals surface area contributed by atoms with Gasteiger partial charge in [0.05, 0.1) is 0 Å². The molecule has 2 heteroatoms. The lowest BCUT2D eigenvalue weighted by Gasteiger charge is -2.02. The number of carboxylic acid groups (broad SMARTS) is 1. The Hall–Kier alpha value is -2.35. The van der Waals surface area contributed by atoms with Gasteiger partial charge in [-0.1, -0.05) is 66.7 Å². The Labute approximate surface area is 125 Å². The van der Waals surface area contributed by atoms with Crippen molar-refractivity contribution in [1.29, 1.82) is 0 Å². The predicted molar refractivity (Wildman–Crippen MR) is 87.0 cm³/mol. The number of aryl methyl sites for hydroxylation is 1. The highest BCUT2D eigenvalue weighted by molar-refractivity contribution is 5.69. The monoisotopic (exact) mass is 280 g/mol. The Morgan fingerprint density at radius 2 is 1.62 bits per heavy atom. The average molecular weight is 280 g/mol. The zero-order valence-corrected chi connectivity index (χ0v) is 12.0. The first kappa shape index (κ1) is 15.0. The number of benzene rings is 2. The van der Waals surface area contributed by atoms with Gasteiger partial charge in [0, 0.05) is 6.42 Å². The van der Waals surface area contributed by atoms with Crippen molar-refractivity contribution in [3.05, 3.63) is 71.3 Å². The molecular weight excluding hydrogens is 260 g/mol. The molecule has 21 heavy (non-hydrogen) atoms. The van der Waals surface area contributed by atoms with Crippen LogP contribution < -0.4 is 0 Å². The van der Waals surface area contributed by atoms with Crippen LogP contribution in [0.1, 0.15) is 36.0 Å². The van der Waals surface area contributed by atoms with Crippen LogP contribution in [0.5, 0.6) is 0 Å². The number of aliphatic carboxylic acids is 1. The number of carbonyl (C=O) groups is 1. The van der Waals surface area contributed by atoms with E-state index in [0.717, 1.165) is 19.3 Å². The third-order valence-corrected chi connectivity index (χ3v) is 3.32. The second-order valence-electron chi connectivity index (χ2n) is 5.09. The van der Waals surface area contributed by atoms with Crippen LogP contribution in [-0.2, 0) is 11.2 Å². The van der Waals surface area contributed by atoms with Gasteiger partial charge in [-0.3, -0.25) is 4.79 Å². The van der Waals surface area contributed by atoms with E-state index in [9.17, 15) is 4.79 Å². The molecule has 0 atom stereocenters. The van der Waals surface area contributed by atoms with Crippen molar-refractivity contribution in [2.75, 3.05) is 0 Å². The summed E-state index contributed by atoms with van der Waals surface area (Å²) in [5, 5.41) is 8.62. The number of carboxylic acids is 1. The van der Waals surface area contributed by atoms with Gasteiger partial charge in [-0.25, -0.2) is 0 Å². The molecule has 0 amide bonds. The SMILES string of the molecule is O=C(O)CCCCc1cccc(C=Cc2ccccc2)c1. The van der Waals surface area contributed by atoms with Crippen molar-refractivity contribution >= 4 is 18.1 Å². The Balaban J connectivity index is 1.91. The second kappa shape index (κ2) is 8.05. The fraction of sp³-hybridized carbons (Fsp3) is 0.211. The summed E-state index contributed by atoms with van der Waals surface area (Å²) in [4.78, 5) is 10.5. The fourth-order valence-corrected chi connectivity index (χ4v) is 2.21. The maximum atomic E-state index is 10.5. The van der Waals surface area contributed by atoms with E-state index in [-0.39, 0.29) is 6.42 Å². The molecule has 0 aliphatic rings. The highest BCUT2D eigenvalue weighted by Crippen LogP contribution is 2.13. The minimum atomic E-state index is -0.713. The molecule has 2 rings (SSSR count). The highest BCUT2D eigenvalue weighted by Gasteiger charge is 1.98. The van der Waals surface area contributed by atoms with Crippen LogP contribution in [0.4, 0.5) is 0 Å². The lowest BCUT2D eigenvalue weighted by Crippen LogP contribution is -1.95. The summed E-state index contributed by atoms with van der Waals surface area (Å²) in [5.41, 5.74) is 3.62. The molecule has 108 valence electrons. The lowest BCUT2D eigenvalue weighted by molar-refractivity contribution is -0.137. The fourth-order valence-electron chi connectivity index (χ4n) is 2.21. The first-order chi connectivity index (χ1) is 10.2. The van der Waals surface area contributed by atoms with E-state index >= 15 is 0 Å². The first-order valence-electron chi connectivity index (χ1n) is 7.28. The van der Waals surface area contributed by atoms with Crippen LogP contribution >= 0.6 is 0 Å². The molecule has 0 saturated carbocycles. The molecule has 0 aliphatic carbocycles. The molecule has 0 fully saturated rings. The quantitative estimate of drug-likeness (QED) is 0.592. The van der Waals surface area contributed by atoms with Crippen LogP contribution in [0.2, 0.25) is 0 Å². The van der Waals surface area contributed by atoms with Gasteiger partial charge in [-0.05, 0) is 36.0 Å². The molecule has 2 aromatic carbocycles. The molecule has 0 saturated heterocycles. The van der Waals surface area contributed by atoms with Crippen LogP contribution in [0.15, 0.2) is 54.6 Å². The van der Waals surface area contributed by atoms with Crippen LogP contribution in [-0.4, -0.2) is 11.1 Å². The Morgan fingerprint density at radius 3 is 2.38 bits per heavy atom. The van der Waals surface area contributed by atoms with E-state index in [1.807, 2.05) is 18.2 Å². The third kappa shape index (κ3) is 5.65. The molecule has 1 N–H and O–H groups in total. The predicted octanol–water partition coefficient (Wildman–Crippen LogP) is 4.65. The number of hydrogen-bond acceptors (Lipinski definition) is 1. The molecule has 0 bridgehead atoms. The highest BCUT2D eigenvalue weighted by atomic mass is 16.4. The van der Waals surface area contributed by atoms with Crippen LogP contribution in [0.25, 0.3) is 12.2 Å². The van der Waals surface area contributed by atoms with E-state index in [1.165, 1.54) is 16.7 Å². The number of hydrogen-bond donors (Lipinski definition) is 1. The zero-order chi connectivity index (χ0) is 14.9. The van der Waals surface area contributed by atoms with Crippen LogP contribution in [0, 0.1) is 0 Å². The van der Waals surface area contributed by atoms with Crippen molar-refractivity contribution in [2.45, 2.75) is 25.7 Å². The van der Waals surface area contributed by atoms with Gasteiger partial charge in [-0.2, -0.15) is 0 Å². The van der Waals surface area contributed by atoms with Crippen molar-refractivity contribution in [3.8, 4) is 0 Å². The summed E-state index contributed by atoms with van der Waals surface area (Å²) in [6.45, 7) is 0. The minimum absolute atomic E-state index is 0.258. The molecule has 0 radical (unpaired) electrons. The topological polar surface area (TPSA) is 37.3 Å². The maximum absolute atomic E-state index is 10.5.